The van der Waals surface area contributed by atoms with Crippen molar-refractivity contribution in [3.8, 4) is 0 Å². The Bertz CT molecular complexity index is 857. The first-order valence-electron chi connectivity index (χ1n) is 9.55. The molecule has 142 valence electrons. The first kappa shape index (κ1) is 19.0. The number of aliphatic imine (C=N–C) groups is 1. The van der Waals surface area contributed by atoms with Crippen LogP contribution in [-0.4, -0.2) is 41.8 Å². The molecule has 1 atom stereocenters. The van der Waals surface area contributed by atoms with Crippen LogP contribution in [0, 0.1) is 0 Å². The van der Waals surface area contributed by atoms with Gasteiger partial charge in [0.2, 0.25) is 0 Å². The highest BCUT2D eigenvalue weighted by molar-refractivity contribution is 5.83. The van der Waals surface area contributed by atoms with Crippen LogP contribution < -0.4 is 10.6 Å². The Hall–Kier alpha value is -2.79. The predicted molar refractivity (Wildman–Crippen MR) is 112 cm³/mol. The van der Waals surface area contributed by atoms with Gasteiger partial charge in [-0.1, -0.05) is 48.5 Å². The number of aromatic amines is 1. The number of nitrogens with zero attached hydrogens (tertiary/aromatic N) is 1. The largest absolute Gasteiger partial charge is 0.391 e. The first-order valence-corrected chi connectivity index (χ1v) is 9.55. The van der Waals surface area contributed by atoms with Gasteiger partial charge in [-0.15, -0.1) is 0 Å². The van der Waals surface area contributed by atoms with E-state index in [-0.39, 0.29) is 0 Å². The van der Waals surface area contributed by atoms with Crippen molar-refractivity contribution in [2.45, 2.75) is 25.9 Å². The summed E-state index contributed by atoms with van der Waals surface area (Å²) in [5.41, 5.74) is 3.58. The molecule has 0 aliphatic carbocycles. The molecule has 1 heterocycles. The number of benzene rings is 2. The van der Waals surface area contributed by atoms with Crippen LogP contribution in [0.1, 0.15) is 18.1 Å². The molecular formula is C22H28N4O. The lowest BCUT2D eigenvalue weighted by Gasteiger charge is -2.13. The van der Waals surface area contributed by atoms with Crippen LogP contribution >= 0.6 is 0 Å². The van der Waals surface area contributed by atoms with Crippen LogP contribution in [-0.2, 0) is 12.8 Å². The van der Waals surface area contributed by atoms with E-state index < -0.39 is 6.10 Å². The predicted octanol–water partition coefficient (Wildman–Crippen LogP) is 2.87. The third kappa shape index (κ3) is 5.59. The molecule has 1 aromatic heterocycles. The van der Waals surface area contributed by atoms with Gasteiger partial charge in [-0.25, -0.2) is 0 Å². The second kappa shape index (κ2) is 9.78. The summed E-state index contributed by atoms with van der Waals surface area (Å²) in [7, 11) is 0. The summed E-state index contributed by atoms with van der Waals surface area (Å²) in [6.45, 7) is 3.98. The number of fused-ring (bicyclic) bond motifs is 1. The third-order valence-electron chi connectivity index (χ3n) is 4.48. The van der Waals surface area contributed by atoms with E-state index in [1.54, 1.807) is 0 Å². The summed E-state index contributed by atoms with van der Waals surface area (Å²) in [6.07, 6.45) is 3.09. The van der Waals surface area contributed by atoms with Crippen LogP contribution in [0.15, 0.2) is 65.8 Å². The normalized spacial score (nSPS) is 12.9. The topological polar surface area (TPSA) is 72.4 Å². The summed E-state index contributed by atoms with van der Waals surface area (Å²) in [5.74, 6) is 0.740. The number of aliphatic hydroxyl groups is 1. The van der Waals surface area contributed by atoms with E-state index in [0.717, 1.165) is 36.6 Å². The van der Waals surface area contributed by atoms with Gasteiger partial charge in [0.15, 0.2) is 5.96 Å². The van der Waals surface area contributed by atoms with E-state index in [1.165, 1.54) is 10.9 Å². The lowest BCUT2D eigenvalue weighted by atomic mass is 10.1. The Morgan fingerprint density at radius 2 is 1.85 bits per heavy atom. The molecule has 0 amide bonds. The van der Waals surface area contributed by atoms with Gasteiger partial charge in [-0.3, -0.25) is 4.99 Å². The molecular weight excluding hydrogens is 336 g/mol. The maximum absolute atomic E-state index is 10.2. The van der Waals surface area contributed by atoms with Crippen molar-refractivity contribution in [3.05, 3.63) is 71.9 Å². The molecule has 0 aliphatic rings. The van der Waals surface area contributed by atoms with Gasteiger partial charge in [0.05, 0.1) is 12.6 Å². The highest BCUT2D eigenvalue weighted by Crippen LogP contribution is 2.17. The van der Waals surface area contributed by atoms with Gasteiger partial charge in [0.25, 0.3) is 0 Å². The van der Waals surface area contributed by atoms with Gasteiger partial charge < -0.3 is 20.7 Å². The number of guanidine groups is 1. The van der Waals surface area contributed by atoms with E-state index in [9.17, 15) is 5.11 Å². The van der Waals surface area contributed by atoms with Gasteiger partial charge in [0, 0.05) is 36.6 Å². The van der Waals surface area contributed by atoms with Gasteiger partial charge in [0.1, 0.15) is 0 Å². The number of aliphatic hydroxyl groups excluding tert-OH is 1. The number of nitrogens with one attached hydrogen (secondary N) is 3. The molecule has 3 aromatic rings. The number of rotatable bonds is 8. The molecule has 2 aromatic carbocycles. The van der Waals surface area contributed by atoms with Crippen LogP contribution in [0.25, 0.3) is 10.9 Å². The van der Waals surface area contributed by atoms with E-state index in [1.807, 2.05) is 43.3 Å². The minimum absolute atomic E-state index is 0.372. The zero-order valence-corrected chi connectivity index (χ0v) is 15.8. The Morgan fingerprint density at radius 1 is 1.07 bits per heavy atom. The number of H-pyrrole nitrogens is 1. The molecule has 0 bridgehead atoms. The molecule has 0 aliphatic heterocycles. The maximum atomic E-state index is 10.2. The van der Waals surface area contributed by atoms with Crippen LogP contribution in [0.3, 0.4) is 0 Å². The Labute approximate surface area is 160 Å². The minimum Gasteiger partial charge on any atom is -0.391 e. The molecule has 3 rings (SSSR count). The molecule has 4 N–H and O–H groups in total. The monoisotopic (exact) mass is 364 g/mol. The van der Waals surface area contributed by atoms with E-state index in [2.05, 4.69) is 45.0 Å². The van der Waals surface area contributed by atoms with E-state index in [4.69, 9.17) is 0 Å². The summed E-state index contributed by atoms with van der Waals surface area (Å²) >= 11 is 0. The van der Waals surface area contributed by atoms with Crippen LogP contribution in [0.4, 0.5) is 0 Å². The zero-order chi connectivity index (χ0) is 18.9. The standard InChI is InChI=1S/C22H28N4O/c1-2-23-22(26-16-19(27)14-17-8-4-3-5-9-17)24-13-12-18-15-25-21-11-7-6-10-20(18)21/h3-11,15,19,25,27H,2,12-14,16H2,1H3,(H2,23,24,26). The Kier molecular flexibility index (Phi) is 6.88. The van der Waals surface area contributed by atoms with Crippen molar-refractivity contribution >= 4 is 16.9 Å². The zero-order valence-electron chi connectivity index (χ0n) is 15.8. The summed E-state index contributed by atoms with van der Waals surface area (Å²) in [6, 6.07) is 18.3. The Balaban J connectivity index is 1.51. The smallest absolute Gasteiger partial charge is 0.191 e. The molecule has 0 fully saturated rings. The SMILES string of the molecule is CCNC(=NCC(O)Cc1ccccc1)NCCc1c[nH]c2ccccc12. The fraction of sp³-hybridized carbons (Fsp3) is 0.318. The second-order valence-corrected chi connectivity index (χ2v) is 6.60. The lowest BCUT2D eigenvalue weighted by molar-refractivity contribution is 0.183. The van der Waals surface area contributed by atoms with Crippen molar-refractivity contribution in [2.75, 3.05) is 19.6 Å². The quantitative estimate of drug-likeness (QED) is 0.367. The lowest BCUT2D eigenvalue weighted by Crippen LogP contribution is -2.39. The molecule has 5 nitrogen and oxygen atoms in total. The summed E-state index contributed by atoms with van der Waals surface area (Å²) in [5, 5.41) is 18.1. The van der Waals surface area contributed by atoms with Crippen molar-refractivity contribution in [2.24, 2.45) is 4.99 Å². The van der Waals surface area contributed by atoms with E-state index >= 15 is 0 Å². The maximum Gasteiger partial charge on any atom is 0.191 e. The number of para-hydroxylation sites is 1. The molecule has 0 saturated heterocycles. The minimum atomic E-state index is -0.489. The number of hydrogen-bond donors (Lipinski definition) is 4. The average molecular weight is 364 g/mol. The van der Waals surface area contributed by atoms with Gasteiger partial charge in [-0.2, -0.15) is 0 Å². The number of aromatic nitrogens is 1. The van der Waals surface area contributed by atoms with Gasteiger partial charge in [-0.05, 0) is 30.5 Å². The van der Waals surface area contributed by atoms with Crippen molar-refractivity contribution in [1.29, 1.82) is 0 Å². The van der Waals surface area contributed by atoms with Crippen molar-refractivity contribution in [1.82, 2.24) is 15.6 Å². The molecule has 1 unspecified atom stereocenters. The molecule has 0 saturated carbocycles. The molecule has 27 heavy (non-hydrogen) atoms. The fourth-order valence-electron chi connectivity index (χ4n) is 3.14. The molecule has 5 heteroatoms. The van der Waals surface area contributed by atoms with Gasteiger partial charge >= 0.3 is 0 Å². The van der Waals surface area contributed by atoms with Crippen molar-refractivity contribution < 1.29 is 5.11 Å². The fourth-order valence-corrected chi connectivity index (χ4v) is 3.14. The molecule has 0 spiro atoms. The van der Waals surface area contributed by atoms with E-state index in [0.29, 0.717) is 13.0 Å². The highest BCUT2D eigenvalue weighted by Gasteiger charge is 2.07. The Morgan fingerprint density at radius 3 is 2.67 bits per heavy atom. The molecule has 0 radical (unpaired) electrons. The number of hydrogen-bond acceptors (Lipinski definition) is 2. The van der Waals surface area contributed by atoms with Crippen LogP contribution in [0.2, 0.25) is 0 Å². The second-order valence-electron chi connectivity index (χ2n) is 6.60. The first-order chi connectivity index (χ1) is 13.3. The summed E-state index contributed by atoms with van der Waals surface area (Å²) in [4.78, 5) is 7.84. The summed E-state index contributed by atoms with van der Waals surface area (Å²) < 4.78 is 0. The highest BCUT2D eigenvalue weighted by atomic mass is 16.3. The van der Waals surface area contributed by atoms with Crippen molar-refractivity contribution in [3.63, 3.8) is 0 Å². The average Bonchev–Trinajstić information content (AvgIpc) is 3.10. The third-order valence-corrected chi connectivity index (χ3v) is 4.48. The van der Waals surface area contributed by atoms with Crippen LogP contribution in [0.5, 0.6) is 0 Å².